The van der Waals surface area contributed by atoms with Crippen molar-refractivity contribution in [3.8, 4) is 5.75 Å². The van der Waals surface area contributed by atoms with Gasteiger partial charge in [-0.05, 0) is 41.7 Å². The molecule has 114 valence electrons. The van der Waals surface area contributed by atoms with Crippen molar-refractivity contribution < 1.29 is 9.47 Å². The first-order chi connectivity index (χ1) is 10.8. The molecular weight excluding hydrogens is 296 g/mol. The molecule has 0 N–H and O–H groups in total. The summed E-state index contributed by atoms with van der Waals surface area (Å²) in [6.45, 7) is 0.769. The third-order valence-corrected chi connectivity index (χ3v) is 4.36. The highest BCUT2D eigenvalue weighted by Crippen LogP contribution is 2.40. The number of rotatable bonds is 3. The third kappa shape index (κ3) is 3.18. The highest BCUT2D eigenvalue weighted by atomic mass is 35.5. The molecule has 1 heterocycles. The van der Waals surface area contributed by atoms with Crippen LogP contribution in [-0.4, -0.2) is 13.7 Å². The van der Waals surface area contributed by atoms with Gasteiger partial charge in [-0.3, -0.25) is 0 Å². The van der Waals surface area contributed by atoms with Crippen molar-refractivity contribution in [3.05, 3.63) is 71.3 Å². The maximum atomic E-state index is 6.70. The van der Waals surface area contributed by atoms with Crippen LogP contribution in [0, 0.1) is 0 Å². The van der Waals surface area contributed by atoms with Crippen molar-refractivity contribution in [2.24, 2.45) is 0 Å². The predicted octanol–water partition coefficient (Wildman–Crippen LogP) is 5.20. The maximum Gasteiger partial charge on any atom is 0.119 e. The van der Waals surface area contributed by atoms with E-state index in [0.29, 0.717) is 0 Å². The normalized spacial score (nSPS) is 20.5. The first-order valence-corrected chi connectivity index (χ1v) is 7.87. The fraction of sp³-hybridized carbons (Fsp3) is 0.263. The Morgan fingerprint density at radius 3 is 2.73 bits per heavy atom. The van der Waals surface area contributed by atoms with Crippen LogP contribution in [0.1, 0.15) is 30.1 Å². The maximum absolute atomic E-state index is 6.70. The van der Waals surface area contributed by atoms with Gasteiger partial charge >= 0.3 is 0 Å². The minimum absolute atomic E-state index is 0.0614. The van der Waals surface area contributed by atoms with Crippen LogP contribution < -0.4 is 4.74 Å². The summed E-state index contributed by atoms with van der Waals surface area (Å²) in [7, 11) is 1.66. The standard InChI is InChI=1S/C19H19ClO2/c1-21-16-10-5-9-15(13-16)18(20)17-11-6-12-22-19(17)14-7-3-2-4-8-14/h2-5,7-10,13,19H,6,11-12H2,1H3/b18-17+. The van der Waals surface area contributed by atoms with Crippen LogP contribution in [0.2, 0.25) is 0 Å². The Kier molecular flexibility index (Phi) is 4.81. The Balaban J connectivity index is 2.01. The van der Waals surface area contributed by atoms with Crippen LogP contribution in [0.15, 0.2) is 60.2 Å². The summed E-state index contributed by atoms with van der Waals surface area (Å²) in [4.78, 5) is 0. The number of benzene rings is 2. The fourth-order valence-electron chi connectivity index (χ4n) is 2.79. The van der Waals surface area contributed by atoms with Gasteiger partial charge in [-0.1, -0.05) is 54.1 Å². The third-order valence-electron chi connectivity index (χ3n) is 3.90. The number of hydrogen-bond acceptors (Lipinski definition) is 2. The van der Waals surface area contributed by atoms with Gasteiger partial charge in [0.15, 0.2) is 0 Å². The van der Waals surface area contributed by atoms with Crippen LogP contribution >= 0.6 is 11.6 Å². The minimum Gasteiger partial charge on any atom is -0.497 e. The molecular formula is C19H19ClO2. The predicted molar refractivity (Wildman–Crippen MR) is 90.1 cm³/mol. The molecule has 3 heteroatoms. The van der Waals surface area contributed by atoms with Crippen molar-refractivity contribution in [1.82, 2.24) is 0 Å². The average molecular weight is 315 g/mol. The van der Waals surface area contributed by atoms with Gasteiger partial charge in [-0.25, -0.2) is 0 Å². The van der Waals surface area contributed by atoms with Gasteiger partial charge in [0.2, 0.25) is 0 Å². The van der Waals surface area contributed by atoms with Crippen molar-refractivity contribution in [1.29, 1.82) is 0 Å². The van der Waals surface area contributed by atoms with E-state index in [9.17, 15) is 0 Å². The van der Waals surface area contributed by atoms with Gasteiger partial charge in [0.05, 0.1) is 12.1 Å². The summed E-state index contributed by atoms with van der Waals surface area (Å²) in [5.41, 5.74) is 3.27. The molecule has 0 radical (unpaired) electrons. The highest BCUT2D eigenvalue weighted by Gasteiger charge is 2.24. The van der Waals surface area contributed by atoms with Gasteiger partial charge in [-0.2, -0.15) is 0 Å². The first kappa shape index (κ1) is 15.1. The topological polar surface area (TPSA) is 18.5 Å². The van der Waals surface area contributed by atoms with E-state index >= 15 is 0 Å². The number of halogens is 1. The number of methoxy groups -OCH3 is 1. The molecule has 2 aromatic rings. The SMILES string of the molecule is COc1cccc(/C(Cl)=C2/CCCOC2c2ccccc2)c1. The van der Waals surface area contributed by atoms with Crippen molar-refractivity contribution in [2.75, 3.05) is 13.7 Å². The Morgan fingerprint density at radius 2 is 1.95 bits per heavy atom. The quantitative estimate of drug-likeness (QED) is 0.775. The number of hydrogen-bond donors (Lipinski definition) is 0. The van der Waals surface area contributed by atoms with Crippen molar-refractivity contribution in [2.45, 2.75) is 18.9 Å². The van der Waals surface area contributed by atoms with E-state index in [1.165, 1.54) is 0 Å². The van der Waals surface area contributed by atoms with E-state index in [4.69, 9.17) is 21.1 Å². The summed E-state index contributed by atoms with van der Waals surface area (Å²) in [6, 6.07) is 18.1. The monoisotopic (exact) mass is 314 g/mol. The zero-order valence-electron chi connectivity index (χ0n) is 12.6. The van der Waals surface area contributed by atoms with E-state index in [2.05, 4.69) is 12.1 Å². The first-order valence-electron chi connectivity index (χ1n) is 7.49. The highest BCUT2D eigenvalue weighted by molar-refractivity contribution is 6.49. The Hall–Kier alpha value is -1.77. The molecule has 1 saturated heterocycles. The van der Waals surface area contributed by atoms with E-state index in [0.717, 1.165) is 46.9 Å². The van der Waals surface area contributed by atoms with E-state index < -0.39 is 0 Å². The van der Waals surface area contributed by atoms with Crippen LogP contribution in [0.3, 0.4) is 0 Å². The lowest BCUT2D eigenvalue weighted by Gasteiger charge is -2.28. The fourth-order valence-corrected chi connectivity index (χ4v) is 3.10. The van der Waals surface area contributed by atoms with Crippen LogP contribution in [0.25, 0.3) is 5.03 Å². The molecule has 0 aromatic heterocycles. The summed E-state index contributed by atoms with van der Waals surface area (Å²) >= 11 is 6.70. The number of ether oxygens (including phenoxy) is 2. The molecule has 1 unspecified atom stereocenters. The molecule has 0 saturated carbocycles. The lowest BCUT2D eigenvalue weighted by Crippen LogP contribution is -2.15. The molecule has 1 fully saturated rings. The molecule has 3 rings (SSSR count). The molecule has 22 heavy (non-hydrogen) atoms. The molecule has 0 aliphatic carbocycles. The zero-order chi connectivity index (χ0) is 15.4. The second-order valence-electron chi connectivity index (χ2n) is 5.34. The molecule has 1 atom stereocenters. The Labute approximate surface area is 136 Å². The van der Waals surface area contributed by atoms with Crippen molar-refractivity contribution >= 4 is 16.6 Å². The summed E-state index contributed by atoms with van der Waals surface area (Å²) in [5.74, 6) is 0.809. The van der Waals surface area contributed by atoms with Crippen molar-refractivity contribution in [3.63, 3.8) is 0 Å². The zero-order valence-corrected chi connectivity index (χ0v) is 13.3. The molecule has 1 aliphatic rings. The van der Waals surface area contributed by atoms with Gasteiger partial charge in [0, 0.05) is 6.61 Å². The van der Waals surface area contributed by atoms with Crippen LogP contribution in [-0.2, 0) is 4.74 Å². The molecule has 1 aliphatic heterocycles. The van der Waals surface area contributed by atoms with Gasteiger partial charge in [-0.15, -0.1) is 0 Å². The van der Waals surface area contributed by atoms with Crippen LogP contribution in [0.4, 0.5) is 0 Å². The Bertz CT molecular complexity index is 664. The van der Waals surface area contributed by atoms with E-state index in [1.807, 2.05) is 42.5 Å². The molecule has 2 aromatic carbocycles. The molecule has 0 amide bonds. The smallest absolute Gasteiger partial charge is 0.119 e. The molecule has 0 spiro atoms. The van der Waals surface area contributed by atoms with Crippen LogP contribution in [0.5, 0.6) is 5.75 Å². The van der Waals surface area contributed by atoms with E-state index in [1.54, 1.807) is 7.11 Å². The molecule has 2 nitrogen and oxygen atoms in total. The second kappa shape index (κ2) is 6.99. The summed E-state index contributed by atoms with van der Waals surface area (Å²) in [6.07, 6.45) is 1.89. The largest absolute Gasteiger partial charge is 0.497 e. The minimum atomic E-state index is -0.0614. The Morgan fingerprint density at radius 1 is 1.14 bits per heavy atom. The van der Waals surface area contributed by atoms with E-state index in [-0.39, 0.29) is 6.10 Å². The van der Waals surface area contributed by atoms with Gasteiger partial charge < -0.3 is 9.47 Å². The van der Waals surface area contributed by atoms with Gasteiger partial charge in [0.25, 0.3) is 0 Å². The second-order valence-corrected chi connectivity index (χ2v) is 5.71. The average Bonchev–Trinajstić information content (AvgIpc) is 2.62. The summed E-state index contributed by atoms with van der Waals surface area (Å²) < 4.78 is 11.3. The lowest BCUT2D eigenvalue weighted by atomic mass is 9.93. The molecule has 0 bridgehead atoms. The van der Waals surface area contributed by atoms with Gasteiger partial charge in [0.1, 0.15) is 11.9 Å². The lowest BCUT2D eigenvalue weighted by molar-refractivity contribution is 0.0531. The summed E-state index contributed by atoms with van der Waals surface area (Å²) in [5, 5.41) is 0.771.